The van der Waals surface area contributed by atoms with E-state index in [1.165, 1.54) is 23.3 Å². The Balaban J connectivity index is 2.33. The summed E-state index contributed by atoms with van der Waals surface area (Å²) in [6.07, 6.45) is 9.49. The fourth-order valence-corrected chi connectivity index (χ4v) is 2.89. The maximum absolute atomic E-state index is 5.61. The number of hydrogen-bond acceptors (Lipinski definition) is 5. The van der Waals surface area contributed by atoms with Gasteiger partial charge in [-0.05, 0) is 31.1 Å². The molecular weight excluding hydrogens is 308 g/mol. The maximum Gasteiger partial charge on any atom is 0.175 e. The lowest BCUT2D eigenvalue weighted by Crippen LogP contribution is -2.21. The van der Waals surface area contributed by atoms with Crippen LogP contribution < -0.4 is 0 Å². The van der Waals surface area contributed by atoms with E-state index in [0.29, 0.717) is 13.2 Å². The second-order valence-electron chi connectivity index (χ2n) is 5.36. The largest absolute Gasteiger partial charge is 0.451 e. The molecule has 128 valence electrons. The first-order chi connectivity index (χ1) is 11.2. The van der Waals surface area contributed by atoms with E-state index < -0.39 is 0 Å². The summed E-state index contributed by atoms with van der Waals surface area (Å²) in [6, 6.07) is 0. The standard InChI is InChI=1S/C18H28N2O2S/c1-5-18(12-20-9-11-23-15-20)7-6-16(2)13-21-10-8-17(3)22-14-19-4/h5-8,14H,1,9-13,15H2,2-4H3/b16-6+,17-8+,18-7+,19-14?. The normalized spacial score (nSPS) is 18.0. The van der Waals surface area contributed by atoms with E-state index in [-0.39, 0.29) is 0 Å². The predicted octanol–water partition coefficient (Wildman–Crippen LogP) is 3.65. The van der Waals surface area contributed by atoms with Crippen molar-refractivity contribution < 1.29 is 9.47 Å². The minimum absolute atomic E-state index is 0.525. The van der Waals surface area contributed by atoms with Gasteiger partial charge in [0.05, 0.1) is 13.2 Å². The van der Waals surface area contributed by atoms with Crippen molar-refractivity contribution in [1.82, 2.24) is 4.90 Å². The third kappa shape index (κ3) is 9.43. The fourth-order valence-electron chi connectivity index (χ4n) is 1.90. The topological polar surface area (TPSA) is 34.1 Å². The van der Waals surface area contributed by atoms with Gasteiger partial charge in [-0.25, -0.2) is 0 Å². The van der Waals surface area contributed by atoms with Crippen LogP contribution in [0.15, 0.2) is 52.8 Å². The van der Waals surface area contributed by atoms with Crippen molar-refractivity contribution in [2.24, 2.45) is 4.99 Å². The number of ether oxygens (including phenoxy) is 2. The second kappa shape index (κ2) is 12.2. The number of thioether (sulfide) groups is 1. The second-order valence-corrected chi connectivity index (χ2v) is 6.43. The van der Waals surface area contributed by atoms with Crippen LogP contribution in [0.5, 0.6) is 0 Å². The smallest absolute Gasteiger partial charge is 0.175 e. The Kier molecular flexibility index (Phi) is 10.4. The molecular formula is C18H28N2O2S. The number of nitrogens with zero attached hydrogens (tertiary/aromatic N) is 2. The first-order valence-electron chi connectivity index (χ1n) is 7.76. The van der Waals surface area contributed by atoms with E-state index in [9.17, 15) is 0 Å². The maximum atomic E-state index is 5.61. The monoisotopic (exact) mass is 336 g/mol. The van der Waals surface area contributed by atoms with Crippen LogP contribution in [0.2, 0.25) is 0 Å². The molecule has 0 N–H and O–H groups in total. The van der Waals surface area contributed by atoms with Gasteiger partial charge in [-0.15, -0.1) is 11.8 Å². The summed E-state index contributed by atoms with van der Waals surface area (Å²) in [6.45, 7) is 11.1. The van der Waals surface area contributed by atoms with Crippen LogP contribution in [0, 0.1) is 0 Å². The summed E-state index contributed by atoms with van der Waals surface area (Å²) in [5.74, 6) is 3.14. The molecule has 0 aromatic rings. The highest BCUT2D eigenvalue weighted by molar-refractivity contribution is 7.99. The molecule has 0 radical (unpaired) electrons. The molecule has 0 bridgehead atoms. The van der Waals surface area contributed by atoms with Crippen LogP contribution in [-0.4, -0.2) is 56.3 Å². The molecule has 4 nitrogen and oxygen atoms in total. The Morgan fingerprint density at radius 1 is 1.35 bits per heavy atom. The summed E-state index contributed by atoms with van der Waals surface area (Å²) in [4.78, 5) is 6.20. The van der Waals surface area contributed by atoms with Crippen molar-refractivity contribution in [2.75, 3.05) is 45.0 Å². The average molecular weight is 337 g/mol. The molecule has 5 heteroatoms. The zero-order valence-corrected chi connectivity index (χ0v) is 15.3. The van der Waals surface area contributed by atoms with Crippen molar-refractivity contribution in [2.45, 2.75) is 13.8 Å². The molecule has 1 aliphatic heterocycles. The van der Waals surface area contributed by atoms with Gasteiger partial charge in [0, 0.05) is 31.8 Å². The van der Waals surface area contributed by atoms with Gasteiger partial charge < -0.3 is 9.47 Å². The van der Waals surface area contributed by atoms with Gasteiger partial charge in [0.25, 0.3) is 0 Å². The fraction of sp³-hybridized carbons (Fsp3) is 0.500. The van der Waals surface area contributed by atoms with Crippen LogP contribution >= 0.6 is 11.8 Å². The summed E-state index contributed by atoms with van der Waals surface area (Å²) in [7, 11) is 1.67. The summed E-state index contributed by atoms with van der Waals surface area (Å²) in [5.41, 5.74) is 2.43. The molecule has 0 atom stereocenters. The lowest BCUT2D eigenvalue weighted by molar-refractivity contribution is 0.184. The molecule has 1 saturated heterocycles. The number of hydrogen-bond donors (Lipinski definition) is 0. The Morgan fingerprint density at radius 3 is 2.83 bits per heavy atom. The van der Waals surface area contributed by atoms with Crippen LogP contribution in [0.3, 0.4) is 0 Å². The Bertz CT molecular complexity index is 475. The molecule has 0 aliphatic carbocycles. The highest BCUT2D eigenvalue weighted by Crippen LogP contribution is 2.15. The molecule has 0 aromatic heterocycles. The third-order valence-corrected chi connectivity index (χ3v) is 4.26. The van der Waals surface area contributed by atoms with Crippen LogP contribution in [0.25, 0.3) is 0 Å². The van der Waals surface area contributed by atoms with Crippen LogP contribution in [-0.2, 0) is 9.47 Å². The molecule has 1 aliphatic rings. The van der Waals surface area contributed by atoms with Crippen molar-refractivity contribution >= 4 is 18.2 Å². The molecule has 0 amide bonds. The molecule has 0 saturated carbocycles. The zero-order valence-electron chi connectivity index (χ0n) is 14.5. The van der Waals surface area contributed by atoms with E-state index in [1.807, 2.05) is 30.8 Å². The van der Waals surface area contributed by atoms with Gasteiger partial charge in [-0.2, -0.15) is 0 Å². The molecule has 23 heavy (non-hydrogen) atoms. The summed E-state index contributed by atoms with van der Waals surface area (Å²) in [5, 5.41) is 0. The van der Waals surface area contributed by atoms with Crippen molar-refractivity contribution in [3.8, 4) is 0 Å². The Hall–Kier alpha value is -1.30. The van der Waals surface area contributed by atoms with Crippen LogP contribution in [0.1, 0.15) is 13.8 Å². The van der Waals surface area contributed by atoms with Gasteiger partial charge in [-0.1, -0.05) is 24.8 Å². The van der Waals surface area contributed by atoms with Gasteiger partial charge in [0.15, 0.2) is 6.40 Å². The number of allylic oxidation sites excluding steroid dienone is 3. The van der Waals surface area contributed by atoms with E-state index in [1.54, 1.807) is 7.05 Å². The molecule has 0 unspecified atom stereocenters. The average Bonchev–Trinajstić information content (AvgIpc) is 3.06. The third-order valence-electron chi connectivity index (χ3n) is 3.24. The van der Waals surface area contributed by atoms with Crippen molar-refractivity contribution in [3.05, 3.63) is 47.8 Å². The Morgan fingerprint density at radius 2 is 2.17 bits per heavy atom. The quantitative estimate of drug-likeness (QED) is 0.200. The van der Waals surface area contributed by atoms with E-state index in [0.717, 1.165) is 24.7 Å². The lowest BCUT2D eigenvalue weighted by atomic mass is 10.2. The molecule has 1 fully saturated rings. The van der Waals surface area contributed by atoms with E-state index in [2.05, 4.69) is 35.5 Å². The highest BCUT2D eigenvalue weighted by Gasteiger charge is 2.11. The minimum atomic E-state index is 0.525. The van der Waals surface area contributed by atoms with Crippen LogP contribution in [0.4, 0.5) is 0 Å². The van der Waals surface area contributed by atoms with Gasteiger partial charge in [0.1, 0.15) is 5.76 Å². The number of aliphatic imine (C=N–C) groups is 1. The van der Waals surface area contributed by atoms with Gasteiger partial charge >= 0.3 is 0 Å². The minimum Gasteiger partial charge on any atom is -0.451 e. The molecule has 0 spiro atoms. The first-order valence-corrected chi connectivity index (χ1v) is 8.91. The molecule has 1 heterocycles. The first kappa shape index (κ1) is 19.7. The molecule has 0 aromatic carbocycles. The zero-order chi connectivity index (χ0) is 16.9. The predicted molar refractivity (Wildman–Crippen MR) is 101 cm³/mol. The SMILES string of the molecule is C=C/C(=C\C=C(/C)COC/C=C(\C)OC=NC)CN1CCSC1. The highest BCUT2D eigenvalue weighted by atomic mass is 32.2. The summed E-state index contributed by atoms with van der Waals surface area (Å²) >= 11 is 1.98. The van der Waals surface area contributed by atoms with E-state index >= 15 is 0 Å². The lowest BCUT2D eigenvalue weighted by Gasteiger charge is -2.13. The number of rotatable bonds is 10. The molecule has 1 rings (SSSR count). The van der Waals surface area contributed by atoms with Crippen molar-refractivity contribution in [1.29, 1.82) is 0 Å². The van der Waals surface area contributed by atoms with Gasteiger partial charge in [0.2, 0.25) is 0 Å². The van der Waals surface area contributed by atoms with E-state index in [4.69, 9.17) is 9.47 Å². The van der Waals surface area contributed by atoms with Gasteiger partial charge in [-0.3, -0.25) is 9.89 Å². The summed E-state index contributed by atoms with van der Waals surface area (Å²) < 4.78 is 10.8. The van der Waals surface area contributed by atoms with Crippen molar-refractivity contribution in [3.63, 3.8) is 0 Å². The Labute approximate surface area is 144 Å².